The first kappa shape index (κ1) is 19.8. The molecule has 0 N–H and O–H groups in total. The van der Waals surface area contributed by atoms with E-state index in [2.05, 4.69) is 4.98 Å². The van der Waals surface area contributed by atoms with Crippen molar-refractivity contribution in [2.75, 3.05) is 7.11 Å². The highest BCUT2D eigenvalue weighted by atomic mass is 16.5. The van der Waals surface area contributed by atoms with E-state index in [1.54, 1.807) is 19.3 Å². The molecule has 0 saturated heterocycles. The molecule has 5 rings (SSSR count). The number of methoxy groups -OCH3 is 1. The molecule has 0 unspecified atom stereocenters. The number of rotatable bonds is 4. The third-order valence-corrected chi connectivity index (χ3v) is 5.70. The number of aryl methyl sites for hydroxylation is 1. The normalized spacial score (nSPS) is 14.8. The second kappa shape index (κ2) is 7.81. The number of carbonyl (C=O) groups is 2. The van der Waals surface area contributed by atoms with Gasteiger partial charge in [-0.15, -0.1) is 0 Å². The summed E-state index contributed by atoms with van der Waals surface area (Å²) in [7, 11) is 1.60. The summed E-state index contributed by atoms with van der Waals surface area (Å²) >= 11 is 0. The highest BCUT2D eigenvalue weighted by molar-refractivity contribution is 6.33. The highest BCUT2D eigenvalue weighted by Crippen LogP contribution is 2.32. The van der Waals surface area contributed by atoms with Crippen LogP contribution in [0.5, 0.6) is 5.75 Å². The van der Waals surface area contributed by atoms with Crippen LogP contribution in [0.4, 0.5) is 0 Å². The molecule has 1 aliphatic heterocycles. The van der Waals surface area contributed by atoms with E-state index in [0.29, 0.717) is 22.4 Å². The van der Waals surface area contributed by atoms with Crippen LogP contribution >= 0.6 is 0 Å². The number of amides is 2. The Labute approximate surface area is 185 Å². The fourth-order valence-corrected chi connectivity index (χ4v) is 4.06. The van der Waals surface area contributed by atoms with Crippen LogP contribution in [-0.4, -0.2) is 33.2 Å². The number of aromatic nitrogens is 2. The molecule has 0 aliphatic carbocycles. The van der Waals surface area contributed by atoms with Crippen molar-refractivity contribution in [3.8, 4) is 5.75 Å². The van der Waals surface area contributed by atoms with Gasteiger partial charge in [0.05, 0.1) is 30.4 Å². The van der Waals surface area contributed by atoms with Crippen molar-refractivity contribution in [2.24, 2.45) is 0 Å². The van der Waals surface area contributed by atoms with E-state index in [1.165, 1.54) is 4.90 Å². The van der Waals surface area contributed by atoms with Crippen LogP contribution < -0.4 is 4.74 Å². The average Bonchev–Trinajstić information content (AvgIpc) is 3.15. The molecule has 158 valence electrons. The van der Waals surface area contributed by atoms with Crippen LogP contribution in [0.2, 0.25) is 0 Å². The number of hydrogen-bond donors (Lipinski definition) is 0. The predicted octanol–water partition coefficient (Wildman–Crippen LogP) is 4.37. The Bertz CT molecular complexity index is 1380. The Morgan fingerprint density at radius 1 is 0.906 bits per heavy atom. The molecule has 3 heterocycles. The van der Waals surface area contributed by atoms with E-state index in [4.69, 9.17) is 4.74 Å². The van der Waals surface area contributed by atoms with Gasteiger partial charge in [-0.3, -0.25) is 14.5 Å². The van der Waals surface area contributed by atoms with E-state index in [9.17, 15) is 9.59 Å². The smallest absolute Gasteiger partial charge is 0.261 e. The lowest BCUT2D eigenvalue weighted by molar-refractivity contribution is -0.123. The lowest BCUT2D eigenvalue weighted by Gasteiger charge is -2.28. The van der Waals surface area contributed by atoms with E-state index >= 15 is 0 Å². The van der Waals surface area contributed by atoms with Crippen molar-refractivity contribution in [3.63, 3.8) is 0 Å². The molecule has 2 aromatic carbocycles. The molecule has 0 saturated carbocycles. The van der Waals surface area contributed by atoms with Crippen molar-refractivity contribution in [3.05, 3.63) is 101 Å². The average molecular weight is 423 g/mol. The van der Waals surface area contributed by atoms with Gasteiger partial charge in [-0.1, -0.05) is 36.4 Å². The lowest BCUT2D eigenvalue weighted by atomic mass is 9.92. The maximum absolute atomic E-state index is 13.6. The van der Waals surface area contributed by atoms with Gasteiger partial charge in [-0.05, 0) is 48.9 Å². The van der Waals surface area contributed by atoms with Crippen LogP contribution in [0.25, 0.3) is 17.2 Å². The molecule has 2 aromatic heterocycles. The van der Waals surface area contributed by atoms with Gasteiger partial charge in [-0.2, -0.15) is 0 Å². The Morgan fingerprint density at radius 3 is 2.38 bits per heavy atom. The zero-order valence-electron chi connectivity index (χ0n) is 17.8. The van der Waals surface area contributed by atoms with Crippen LogP contribution in [0.15, 0.2) is 72.9 Å². The summed E-state index contributed by atoms with van der Waals surface area (Å²) in [6, 6.07) is 20.4. The Hall–Kier alpha value is -4.19. The lowest BCUT2D eigenvalue weighted by Crippen LogP contribution is -2.41. The number of benzene rings is 2. The molecule has 6 heteroatoms. The second-order valence-electron chi connectivity index (χ2n) is 7.65. The van der Waals surface area contributed by atoms with Crippen molar-refractivity contribution >= 4 is 29.0 Å². The topological polar surface area (TPSA) is 63.9 Å². The van der Waals surface area contributed by atoms with Gasteiger partial charge in [0.2, 0.25) is 0 Å². The number of imide groups is 1. The van der Waals surface area contributed by atoms with Gasteiger partial charge < -0.3 is 9.14 Å². The highest BCUT2D eigenvalue weighted by Gasteiger charge is 2.35. The molecular formula is C26H21N3O3. The summed E-state index contributed by atoms with van der Waals surface area (Å²) in [4.78, 5) is 32.7. The van der Waals surface area contributed by atoms with Gasteiger partial charge >= 0.3 is 0 Å². The number of carbonyl (C=O) groups excluding carboxylic acids is 2. The van der Waals surface area contributed by atoms with E-state index < -0.39 is 0 Å². The summed E-state index contributed by atoms with van der Waals surface area (Å²) < 4.78 is 7.18. The Kier molecular flexibility index (Phi) is 4.82. The maximum Gasteiger partial charge on any atom is 0.261 e. The first-order valence-corrected chi connectivity index (χ1v) is 10.3. The number of nitrogens with zero attached hydrogens (tertiary/aromatic N) is 3. The minimum atomic E-state index is -0.334. The number of imidazole rings is 1. The Balaban J connectivity index is 1.61. The Morgan fingerprint density at radius 2 is 1.62 bits per heavy atom. The fourth-order valence-electron chi connectivity index (χ4n) is 4.06. The van der Waals surface area contributed by atoms with E-state index in [0.717, 1.165) is 22.7 Å². The minimum absolute atomic E-state index is 0.177. The first-order chi connectivity index (χ1) is 15.6. The second-order valence-corrected chi connectivity index (χ2v) is 7.65. The third kappa shape index (κ3) is 3.26. The summed E-state index contributed by atoms with van der Waals surface area (Å²) in [5.74, 6) is 0.914. The quantitative estimate of drug-likeness (QED) is 0.361. The monoisotopic (exact) mass is 423 g/mol. The largest absolute Gasteiger partial charge is 0.497 e. The van der Waals surface area contributed by atoms with E-state index in [-0.39, 0.29) is 18.4 Å². The number of hydrogen-bond acceptors (Lipinski definition) is 4. The molecule has 6 nitrogen and oxygen atoms in total. The van der Waals surface area contributed by atoms with Crippen molar-refractivity contribution < 1.29 is 14.3 Å². The SMILES string of the molecule is COc1ccc(CN2C(=O)/C(=C\c3nc(C)n4ccccc34)c3ccccc3C2=O)cc1. The molecule has 0 fully saturated rings. The maximum atomic E-state index is 13.6. The zero-order chi connectivity index (χ0) is 22.2. The molecule has 0 radical (unpaired) electrons. The van der Waals surface area contributed by atoms with Gasteiger partial charge in [0.25, 0.3) is 11.8 Å². The van der Waals surface area contributed by atoms with Crippen LogP contribution in [0.1, 0.15) is 33.0 Å². The predicted molar refractivity (Wildman–Crippen MR) is 122 cm³/mol. The first-order valence-electron chi connectivity index (χ1n) is 10.3. The molecule has 1 aliphatic rings. The molecule has 0 spiro atoms. The van der Waals surface area contributed by atoms with Crippen LogP contribution in [0.3, 0.4) is 0 Å². The summed E-state index contributed by atoms with van der Waals surface area (Å²) in [6.07, 6.45) is 3.73. The standard InChI is InChI=1S/C26H21N3O3/c1-17-27-23(24-9-5-6-14-28(17)24)15-22-20-7-3-4-8-21(20)25(30)29(26(22)31)16-18-10-12-19(32-2)13-11-18/h3-15H,16H2,1-2H3/b22-15-. The van der Waals surface area contributed by atoms with Gasteiger partial charge in [0.15, 0.2) is 0 Å². The molecule has 4 aromatic rings. The van der Waals surface area contributed by atoms with Crippen molar-refractivity contribution in [2.45, 2.75) is 13.5 Å². The molecule has 0 bridgehead atoms. The number of ether oxygens (including phenoxy) is 1. The summed E-state index contributed by atoms with van der Waals surface area (Å²) in [5.41, 5.74) is 4.03. The van der Waals surface area contributed by atoms with Gasteiger partial charge in [0.1, 0.15) is 11.6 Å². The summed E-state index contributed by atoms with van der Waals surface area (Å²) in [5, 5.41) is 0. The van der Waals surface area contributed by atoms with Gasteiger partial charge in [-0.25, -0.2) is 4.98 Å². The molecule has 2 amide bonds. The zero-order valence-corrected chi connectivity index (χ0v) is 17.8. The van der Waals surface area contributed by atoms with Crippen molar-refractivity contribution in [1.29, 1.82) is 0 Å². The molecular weight excluding hydrogens is 402 g/mol. The third-order valence-electron chi connectivity index (χ3n) is 5.70. The minimum Gasteiger partial charge on any atom is -0.497 e. The number of fused-ring (bicyclic) bond motifs is 2. The molecule has 32 heavy (non-hydrogen) atoms. The van der Waals surface area contributed by atoms with Crippen LogP contribution in [0, 0.1) is 6.92 Å². The van der Waals surface area contributed by atoms with Crippen LogP contribution in [-0.2, 0) is 11.3 Å². The number of pyridine rings is 1. The fraction of sp³-hybridized carbons (Fsp3) is 0.115. The van der Waals surface area contributed by atoms with Gasteiger partial charge in [0, 0.05) is 17.3 Å². The molecule has 0 atom stereocenters. The summed E-state index contributed by atoms with van der Waals surface area (Å²) in [6.45, 7) is 2.10. The van der Waals surface area contributed by atoms with E-state index in [1.807, 2.05) is 78.2 Å². The van der Waals surface area contributed by atoms with Crippen molar-refractivity contribution in [1.82, 2.24) is 14.3 Å².